The van der Waals surface area contributed by atoms with Crippen LogP contribution in [0, 0.1) is 11.7 Å². The Hall–Kier alpha value is -3.80. The van der Waals surface area contributed by atoms with Crippen molar-refractivity contribution in [3.63, 3.8) is 0 Å². The van der Waals surface area contributed by atoms with Gasteiger partial charge in [0, 0.05) is 48.5 Å². The van der Waals surface area contributed by atoms with E-state index in [4.69, 9.17) is 9.47 Å². The number of carbonyl (C=O) groups is 1. The highest BCUT2D eigenvalue weighted by Gasteiger charge is 2.36. The number of carbonyl (C=O) groups excluding carboxylic acids is 1. The minimum Gasteiger partial charge on any atom is -0.475 e. The number of aromatic amines is 1. The first-order valence-electron chi connectivity index (χ1n) is 11.5. The van der Waals surface area contributed by atoms with E-state index in [1.165, 1.54) is 18.3 Å². The number of nitrogens with zero attached hydrogens (tertiary/aromatic N) is 2. The Kier molecular flexibility index (Phi) is 8.98. The molecular formula is C25H26F4N4O4. The zero-order chi connectivity index (χ0) is 27.2. The first kappa shape index (κ1) is 27.8. The van der Waals surface area contributed by atoms with Crippen molar-refractivity contribution in [2.45, 2.75) is 33.5 Å². The zero-order valence-electron chi connectivity index (χ0n) is 20.4. The molecule has 1 amide bonds. The van der Waals surface area contributed by atoms with E-state index < -0.39 is 46.3 Å². The predicted octanol–water partition coefficient (Wildman–Crippen LogP) is 4.34. The minimum absolute atomic E-state index is 0.0156. The number of ether oxygens (including phenoxy) is 2. The Morgan fingerprint density at radius 3 is 2.54 bits per heavy atom. The van der Waals surface area contributed by atoms with Crippen LogP contribution >= 0.6 is 0 Å². The molecule has 1 aromatic carbocycles. The highest BCUT2D eigenvalue weighted by atomic mass is 19.4. The van der Waals surface area contributed by atoms with Gasteiger partial charge in [0.15, 0.2) is 0 Å². The molecule has 0 radical (unpaired) electrons. The summed E-state index contributed by atoms with van der Waals surface area (Å²) in [5.41, 5.74) is -2.94. The number of halogens is 4. The van der Waals surface area contributed by atoms with E-state index in [1.54, 1.807) is 13.8 Å². The van der Waals surface area contributed by atoms with Gasteiger partial charge in [0.25, 0.3) is 5.56 Å². The Bertz CT molecular complexity index is 1290. The summed E-state index contributed by atoms with van der Waals surface area (Å²) in [4.78, 5) is 34.6. The number of benzene rings is 1. The number of rotatable bonds is 10. The van der Waals surface area contributed by atoms with Crippen LogP contribution in [-0.2, 0) is 22.3 Å². The van der Waals surface area contributed by atoms with Crippen LogP contribution in [0.1, 0.15) is 31.9 Å². The maximum atomic E-state index is 15.4. The lowest BCUT2D eigenvalue weighted by Crippen LogP contribution is -2.27. The fraction of sp³-hybridized carbons (Fsp3) is 0.360. The molecule has 3 aromatic rings. The number of hydrogen-bond donors (Lipinski definition) is 2. The molecule has 2 aromatic heterocycles. The molecule has 198 valence electrons. The number of aromatic nitrogens is 3. The van der Waals surface area contributed by atoms with Gasteiger partial charge in [-0.05, 0) is 19.1 Å². The molecule has 0 saturated carbocycles. The molecule has 0 aliphatic rings. The number of nitrogens with one attached hydrogen (secondary N) is 2. The normalized spacial score (nSPS) is 11.6. The molecule has 12 heteroatoms. The van der Waals surface area contributed by atoms with E-state index in [9.17, 15) is 22.8 Å². The van der Waals surface area contributed by atoms with E-state index in [1.807, 2.05) is 6.92 Å². The molecule has 37 heavy (non-hydrogen) atoms. The monoisotopic (exact) mass is 522 g/mol. The average Bonchev–Trinajstić information content (AvgIpc) is 2.84. The molecule has 0 fully saturated rings. The predicted molar refractivity (Wildman–Crippen MR) is 127 cm³/mol. The van der Waals surface area contributed by atoms with Gasteiger partial charge in [0.05, 0.1) is 23.4 Å². The smallest absolute Gasteiger partial charge is 0.417 e. The summed E-state index contributed by atoms with van der Waals surface area (Å²) in [6.45, 7) is 5.93. The molecular weight excluding hydrogens is 496 g/mol. The SMILES string of the molecule is CCOCCOc1ccc(-c2cc(=O)[nH]c(-c3c(C(F)(F)F)ccc(CNC(=O)C(C)C)c3F)n2)cn1. The Balaban J connectivity index is 2.00. The number of H-pyrrole nitrogens is 1. The summed E-state index contributed by atoms with van der Waals surface area (Å²) >= 11 is 0. The topological polar surface area (TPSA) is 106 Å². The highest BCUT2D eigenvalue weighted by Crippen LogP contribution is 2.38. The molecule has 0 spiro atoms. The first-order valence-corrected chi connectivity index (χ1v) is 11.5. The molecule has 2 heterocycles. The molecule has 8 nitrogen and oxygen atoms in total. The molecule has 0 aliphatic carbocycles. The highest BCUT2D eigenvalue weighted by molar-refractivity contribution is 5.78. The number of amides is 1. The van der Waals surface area contributed by atoms with Crippen LogP contribution < -0.4 is 15.6 Å². The quantitative estimate of drug-likeness (QED) is 0.303. The molecule has 3 rings (SSSR count). The second kappa shape index (κ2) is 12.0. The molecule has 0 bridgehead atoms. The third-order valence-corrected chi connectivity index (χ3v) is 5.20. The molecule has 0 aliphatic heterocycles. The van der Waals surface area contributed by atoms with E-state index in [0.717, 1.165) is 12.1 Å². The van der Waals surface area contributed by atoms with Crippen LogP contribution in [0.5, 0.6) is 5.88 Å². The van der Waals surface area contributed by atoms with E-state index >= 15 is 4.39 Å². The molecule has 2 N–H and O–H groups in total. The third kappa shape index (κ3) is 7.13. The lowest BCUT2D eigenvalue weighted by atomic mass is 10.0. The maximum Gasteiger partial charge on any atom is 0.417 e. The van der Waals surface area contributed by atoms with Crippen LogP contribution in [-0.4, -0.2) is 40.7 Å². The summed E-state index contributed by atoms with van der Waals surface area (Å²) in [7, 11) is 0. The van der Waals surface area contributed by atoms with Gasteiger partial charge in [-0.1, -0.05) is 19.9 Å². The largest absolute Gasteiger partial charge is 0.475 e. The molecule has 0 unspecified atom stereocenters. The molecule has 0 saturated heterocycles. The van der Waals surface area contributed by atoms with E-state index in [2.05, 4.69) is 20.3 Å². The van der Waals surface area contributed by atoms with Crippen molar-refractivity contribution in [1.82, 2.24) is 20.3 Å². The van der Waals surface area contributed by atoms with Gasteiger partial charge in [-0.3, -0.25) is 9.59 Å². The second-order valence-corrected chi connectivity index (χ2v) is 8.24. The average molecular weight is 522 g/mol. The number of alkyl halides is 3. The number of hydrogen-bond acceptors (Lipinski definition) is 6. The van der Waals surface area contributed by atoms with Crippen molar-refractivity contribution in [1.29, 1.82) is 0 Å². The summed E-state index contributed by atoms with van der Waals surface area (Å²) in [5, 5.41) is 2.47. The summed E-state index contributed by atoms with van der Waals surface area (Å²) in [6.07, 6.45) is -3.60. The lowest BCUT2D eigenvalue weighted by molar-refractivity contribution is -0.137. The van der Waals surface area contributed by atoms with Gasteiger partial charge in [-0.2, -0.15) is 13.2 Å². The van der Waals surface area contributed by atoms with Gasteiger partial charge in [-0.25, -0.2) is 14.4 Å². The number of pyridine rings is 1. The fourth-order valence-corrected chi connectivity index (χ4v) is 3.30. The van der Waals surface area contributed by atoms with E-state index in [-0.39, 0.29) is 30.3 Å². The van der Waals surface area contributed by atoms with Gasteiger partial charge >= 0.3 is 6.18 Å². The van der Waals surface area contributed by atoms with E-state index in [0.29, 0.717) is 24.8 Å². The standard InChI is InChI=1S/C25H26F4N4O4/c1-4-36-9-10-37-20-8-6-15(12-30-20)18-11-19(34)33-23(32-18)21-17(25(27,28)29)7-5-16(22(21)26)13-31-24(35)14(2)3/h5-8,11-12,14H,4,9-10,13H2,1-3H3,(H,31,35)(H,32,33,34). The second-order valence-electron chi connectivity index (χ2n) is 8.24. The molecule has 0 atom stereocenters. The third-order valence-electron chi connectivity index (χ3n) is 5.20. The Morgan fingerprint density at radius 2 is 1.92 bits per heavy atom. The summed E-state index contributed by atoms with van der Waals surface area (Å²) in [6, 6.07) is 5.72. The lowest BCUT2D eigenvalue weighted by Gasteiger charge is -2.17. The van der Waals surface area contributed by atoms with Crippen LogP contribution in [0.3, 0.4) is 0 Å². The van der Waals surface area contributed by atoms with Crippen molar-refractivity contribution in [2.75, 3.05) is 19.8 Å². The zero-order valence-corrected chi connectivity index (χ0v) is 20.4. The van der Waals surface area contributed by atoms with Crippen molar-refractivity contribution in [2.24, 2.45) is 5.92 Å². The minimum atomic E-state index is -4.94. The van der Waals surface area contributed by atoms with Gasteiger partial charge in [-0.15, -0.1) is 0 Å². The fourth-order valence-electron chi connectivity index (χ4n) is 3.30. The Morgan fingerprint density at radius 1 is 1.16 bits per heavy atom. The van der Waals surface area contributed by atoms with Crippen molar-refractivity contribution < 1.29 is 31.8 Å². The van der Waals surface area contributed by atoms with Crippen LogP contribution in [0.2, 0.25) is 0 Å². The van der Waals surface area contributed by atoms with Gasteiger partial charge in [0.1, 0.15) is 18.2 Å². The van der Waals surface area contributed by atoms with Crippen molar-refractivity contribution in [3.8, 4) is 28.5 Å². The summed E-state index contributed by atoms with van der Waals surface area (Å²) in [5.74, 6) is -2.39. The van der Waals surface area contributed by atoms with Gasteiger partial charge in [0.2, 0.25) is 11.8 Å². The van der Waals surface area contributed by atoms with Gasteiger partial charge < -0.3 is 19.8 Å². The van der Waals surface area contributed by atoms with Crippen molar-refractivity contribution in [3.05, 3.63) is 63.8 Å². The van der Waals surface area contributed by atoms with Crippen LogP contribution in [0.4, 0.5) is 17.6 Å². The van der Waals surface area contributed by atoms with Crippen molar-refractivity contribution >= 4 is 5.91 Å². The van der Waals surface area contributed by atoms with Crippen LogP contribution in [0.15, 0.2) is 41.3 Å². The Labute approximate surface area is 210 Å². The van der Waals surface area contributed by atoms with Crippen LogP contribution in [0.25, 0.3) is 22.6 Å². The summed E-state index contributed by atoms with van der Waals surface area (Å²) < 4.78 is 67.4. The first-order chi connectivity index (χ1) is 17.5. The maximum absolute atomic E-state index is 15.4.